The molecule has 0 aliphatic rings. The Labute approximate surface area is 143 Å². The maximum absolute atomic E-state index is 12.8. The van der Waals surface area contributed by atoms with Crippen LogP contribution in [-0.4, -0.2) is 21.6 Å². The Hall–Kier alpha value is -3.48. The first-order valence-corrected chi connectivity index (χ1v) is 7.55. The minimum Gasteiger partial charge on any atom is -0.273 e. The molecular formula is C18H15FN4O2. The van der Waals surface area contributed by atoms with E-state index in [-0.39, 0.29) is 12.2 Å². The van der Waals surface area contributed by atoms with Crippen LogP contribution >= 0.6 is 0 Å². The fourth-order valence-electron chi connectivity index (χ4n) is 2.22. The van der Waals surface area contributed by atoms with Gasteiger partial charge in [-0.1, -0.05) is 12.1 Å². The Kier molecular flexibility index (Phi) is 4.84. The summed E-state index contributed by atoms with van der Waals surface area (Å²) in [4.78, 5) is 23.9. The number of nitrogens with zero attached hydrogens (tertiary/aromatic N) is 2. The molecule has 25 heavy (non-hydrogen) atoms. The summed E-state index contributed by atoms with van der Waals surface area (Å²) in [5.74, 6) is -1.19. The lowest BCUT2D eigenvalue weighted by molar-refractivity contribution is -0.121. The molecule has 1 heterocycles. The highest BCUT2D eigenvalue weighted by atomic mass is 19.1. The van der Waals surface area contributed by atoms with E-state index in [1.165, 1.54) is 24.3 Å². The molecule has 7 heteroatoms. The second kappa shape index (κ2) is 7.39. The second-order valence-corrected chi connectivity index (χ2v) is 5.30. The maximum Gasteiger partial charge on any atom is 0.269 e. The van der Waals surface area contributed by atoms with Crippen molar-refractivity contribution in [3.05, 3.63) is 83.9 Å². The third-order valence-corrected chi connectivity index (χ3v) is 3.49. The molecule has 2 amide bonds. The summed E-state index contributed by atoms with van der Waals surface area (Å²) in [6.07, 6.45) is 3.50. The van der Waals surface area contributed by atoms with Gasteiger partial charge in [0.1, 0.15) is 5.82 Å². The van der Waals surface area contributed by atoms with E-state index in [9.17, 15) is 14.0 Å². The van der Waals surface area contributed by atoms with Crippen LogP contribution in [-0.2, 0) is 11.2 Å². The van der Waals surface area contributed by atoms with Gasteiger partial charge in [-0.15, -0.1) is 0 Å². The standard InChI is InChI=1S/C18H15FN4O2/c19-15-6-2-13(3-7-15)12-17(24)21-22-18(25)14-4-8-16(9-5-14)23-11-1-10-20-23/h1-11H,12H2,(H,21,24)(H,22,25). The maximum atomic E-state index is 12.8. The van der Waals surface area contributed by atoms with Crippen LogP contribution in [0.15, 0.2) is 67.0 Å². The minimum atomic E-state index is -0.431. The Morgan fingerprint density at radius 3 is 2.36 bits per heavy atom. The number of carbonyl (C=O) groups is 2. The third kappa shape index (κ3) is 4.29. The van der Waals surface area contributed by atoms with Gasteiger partial charge in [0.2, 0.25) is 5.91 Å². The van der Waals surface area contributed by atoms with Crippen LogP contribution in [0.5, 0.6) is 0 Å². The first-order valence-electron chi connectivity index (χ1n) is 7.55. The lowest BCUT2D eigenvalue weighted by atomic mass is 10.1. The molecule has 2 aromatic carbocycles. The van der Waals surface area contributed by atoms with Gasteiger partial charge in [-0.2, -0.15) is 5.10 Å². The number of nitrogens with one attached hydrogen (secondary N) is 2. The Bertz CT molecular complexity index is 859. The van der Waals surface area contributed by atoms with Crippen molar-refractivity contribution in [1.82, 2.24) is 20.6 Å². The highest BCUT2D eigenvalue weighted by Gasteiger charge is 2.08. The summed E-state index contributed by atoms with van der Waals surface area (Å²) < 4.78 is 14.5. The van der Waals surface area contributed by atoms with E-state index in [0.29, 0.717) is 11.1 Å². The van der Waals surface area contributed by atoms with Gasteiger partial charge >= 0.3 is 0 Å². The predicted molar refractivity (Wildman–Crippen MR) is 89.3 cm³/mol. The molecule has 3 aromatic rings. The first-order chi connectivity index (χ1) is 12.1. The molecule has 0 spiro atoms. The van der Waals surface area contributed by atoms with Crippen LogP contribution in [0.4, 0.5) is 4.39 Å². The van der Waals surface area contributed by atoms with E-state index in [1.54, 1.807) is 47.4 Å². The van der Waals surface area contributed by atoms with E-state index < -0.39 is 11.8 Å². The van der Waals surface area contributed by atoms with E-state index in [0.717, 1.165) is 5.69 Å². The van der Waals surface area contributed by atoms with Crippen molar-refractivity contribution in [2.24, 2.45) is 0 Å². The average molecular weight is 338 g/mol. The van der Waals surface area contributed by atoms with Gasteiger partial charge in [0.25, 0.3) is 5.91 Å². The zero-order valence-electron chi connectivity index (χ0n) is 13.1. The Morgan fingerprint density at radius 1 is 1.00 bits per heavy atom. The molecule has 0 bridgehead atoms. The zero-order valence-corrected chi connectivity index (χ0v) is 13.1. The van der Waals surface area contributed by atoms with E-state index >= 15 is 0 Å². The summed E-state index contributed by atoms with van der Waals surface area (Å²) in [7, 11) is 0. The largest absolute Gasteiger partial charge is 0.273 e. The minimum absolute atomic E-state index is 0.0405. The van der Waals surface area contributed by atoms with E-state index in [4.69, 9.17) is 0 Å². The van der Waals surface area contributed by atoms with Gasteiger partial charge in [0, 0.05) is 18.0 Å². The SMILES string of the molecule is O=C(Cc1ccc(F)cc1)NNC(=O)c1ccc(-n2cccn2)cc1. The molecule has 0 radical (unpaired) electrons. The van der Waals surface area contributed by atoms with Crippen LogP contribution in [0, 0.1) is 5.82 Å². The van der Waals surface area contributed by atoms with Gasteiger partial charge in [-0.25, -0.2) is 9.07 Å². The molecule has 0 atom stereocenters. The fourth-order valence-corrected chi connectivity index (χ4v) is 2.22. The summed E-state index contributed by atoms with van der Waals surface area (Å²) in [5, 5.41) is 4.10. The monoisotopic (exact) mass is 338 g/mol. The molecule has 1 aromatic heterocycles. The molecule has 2 N–H and O–H groups in total. The van der Waals surface area contributed by atoms with Crippen molar-refractivity contribution in [2.75, 3.05) is 0 Å². The molecule has 0 saturated carbocycles. The lowest BCUT2D eigenvalue weighted by Gasteiger charge is -2.08. The van der Waals surface area contributed by atoms with Gasteiger partial charge in [-0.05, 0) is 48.0 Å². The molecular weight excluding hydrogens is 323 g/mol. The number of aromatic nitrogens is 2. The summed E-state index contributed by atoms with van der Waals surface area (Å²) in [6.45, 7) is 0. The molecule has 6 nitrogen and oxygen atoms in total. The van der Waals surface area contributed by atoms with Crippen LogP contribution in [0.25, 0.3) is 5.69 Å². The number of benzene rings is 2. The quantitative estimate of drug-likeness (QED) is 0.715. The van der Waals surface area contributed by atoms with Crippen LogP contribution in [0.2, 0.25) is 0 Å². The number of rotatable bonds is 4. The molecule has 0 unspecified atom stereocenters. The highest BCUT2D eigenvalue weighted by Crippen LogP contribution is 2.08. The normalized spacial score (nSPS) is 10.3. The van der Waals surface area contributed by atoms with Crippen molar-refractivity contribution in [2.45, 2.75) is 6.42 Å². The van der Waals surface area contributed by atoms with Gasteiger partial charge in [-0.3, -0.25) is 20.4 Å². The van der Waals surface area contributed by atoms with Crippen molar-refractivity contribution in [3.8, 4) is 5.69 Å². The Balaban J connectivity index is 1.53. The third-order valence-electron chi connectivity index (χ3n) is 3.49. The second-order valence-electron chi connectivity index (χ2n) is 5.30. The van der Waals surface area contributed by atoms with Crippen LogP contribution < -0.4 is 10.9 Å². The Morgan fingerprint density at radius 2 is 1.72 bits per heavy atom. The fraction of sp³-hybridized carbons (Fsp3) is 0.0556. The molecule has 3 rings (SSSR count). The number of hydrazine groups is 1. The molecule has 0 fully saturated rings. The van der Waals surface area contributed by atoms with E-state index in [2.05, 4.69) is 16.0 Å². The molecule has 0 aliphatic heterocycles. The first kappa shape index (κ1) is 16.4. The number of hydrogen-bond donors (Lipinski definition) is 2. The highest BCUT2D eigenvalue weighted by molar-refractivity contribution is 5.95. The number of halogens is 1. The lowest BCUT2D eigenvalue weighted by Crippen LogP contribution is -2.42. The molecule has 126 valence electrons. The topological polar surface area (TPSA) is 76.0 Å². The number of carbonyl (C=O) groups excluding carboxylic acids is 2. The van der Waals surface area contributed by atoms with Gasteiger partial charge in [0.15, 0.2) is 0 Å². The average Bonchev–Trinajstić information content (AvgIpc) is 3.16. The molecule has 0 aliphatic carbocycles. The zero-order chi connectivity index (χ0) is 17.6. The summed E-state index contributed by atoms with van der Waals surface area (Å²) in [6, 6.07) is 14.2. The summed E-state index contributed by atoms with van der Waals surface area (Å²) in [5.41, 5.74) is 6.56. The van der Waals surface area contributed by atoms with Crippen molar-refractivity contribution >= 4 is 11.8 Å². The summed E-state index contributed by atoms with van der Waals surface area (Å²) >= 11 is 0. The van der Waals surface area contributed by atoms with Crippen LogP contribution in [0.1, 0.15) is 15.9 Å². The predicted octanol–water partition coefficient (Wildman–Crippen LogP) is 2.02. The van der Waals surface area contributed by atoms with E-state index in [1.807, 2.05) is 0 Å². The van der Waals surface area contributed by atoms with Gasteiger partial charge < -0.3 is 0 Å². The van der Waals surface area contributed by atoms with Crippen molar-refractivity contribution in [3.63, 3.8) is 0 Å². The number of amides is 2. The van der Waals surface area contributed by atoms with Crippen molar-refractivity contribution < 1.29 is 14.0 Å². The molecule has 0 saturated heterocycles. The smallest absolute Gasteiger partial charge is 0.269 e. The van der Waals surface area contributed by atoms with Crippen LogP contribution in [0.3, 0.4) is 0 Å². The van der Waals surface area contributed by atoms with Gasteiger partial charge in [0.05, 0.1) is 12.1 Å². The number of hydrogen-bond acceptors (Lipinski definition) is 3. The van der Waals surface area contributed by atoms with Crippen molar-refractivity contribution in [1.29, 1.82) is 0 Å².